The molecule has 0 unspecified atom stereocenters. The van der Waals surface area contributed by atoms with Crippen LogP contribution >= 0.6 is 0 Å². The first-order chi connectivity index (χ1) is 4.65. The van der Waals surface area contributed by atoms with Gasteiger partial charge in [0.05, 0.1) is 12.5 Å². The smallest absolute Gasteiger partial charge is 0.332 e. The van der Waals surface area contributed by atoms with E-state index < -0.39 is 11.5 Å². The first-order valence-electron chi connectivity index (χ1n) is 2.68. The van der Waals surface area contributed by atoms with Gasteiger partial charge in [0.15, 0.2) is 5.54 Å². The third-order valence-corrected chi connectivity index (χ3v) is 1.22. The minimum absolute atomic E-state index is 1.09. The molecule has 1 aliphatic heterocycles. The van der Waals surface area contributed by atoms with Crippen LogP contribution in [-0.2, 0) is 9.53 Å². The van der Waals surface area contributed by atoms with Crippen molar-refractivity contribution in [2.45, 2.75) is 5.54 Å². The molecule has 0 aromatic heterocycles. The van der Waals surface area contributed by atoms with Gasteiger partial charge in [-0.3, -0.25) is 0 Å². The molecule has 1 rings (SSSR count). The number of hydrogen-bond donors (Lipinski definition) is 2. The van der Waals surface area contributed by atoms with E-state index in [-0.39, 0.29) is 0 Å². The Morgan fingerprint density at radius 1 is 1.50 bits per heavy atom. The molecule has 0 aliphatic carbocycles. The Hall–Kier alpha value is -1.29. The van der Waals surface area contributed by atoms with Gasteiger partial charge in [0, 0.05) is 0 Å². The number of carboxylic acid groups (broad SMARTS) is 1. The van der Waals surface area contributed by atoms with Gasteiger partial charge in [0.2, 0.25) is 0 Å². The molecular weight excluding hydrogens is 134 g/mol. The van der Waals surface area contributed by atoms with Gasteiger partial charge in [0.25, 0.3) is 0 Å². The maximum absolute atomic E-state index is 10.4. The molecule has 0 amide bonds. The van der Waals surface area contributed by atoms with Gasteiger partial charge in [-0.05, 0) is 12.2 Å². The van der Waals surface area contributed by atoms with Crippen LogP contribution in [-0.4, -0.2) is 16.6 Å². The van der Waals surface area contributed by atoms with Gasteiger partial charge in [-0.2, -0.15) is 0 Å². The van der Waals surface area contributed by atoms with Crippen LogP contribution in [0.1, 0.15) is 0 Å². The second kappa shape index (κ2) is 2.15. The monoisotopic (exact) mass is 141 g/mol. The van der Waals surface area contributed by atoms with Crippen LogP contribution in [0.15, 0.2) is 24.7 Å². The van der Waals surface area contributed by atoms with Crippen molar-refractivity contribution in [2.75, 3.05) is 0 Å². The minimum atomic E-state index is -1.39. The van der Waals surface area contributed by atoms with Gasteiger partial charge < -0.3 is 15.6 Å². The van der Waals surface area contributed by atoms with E-state index in [1.54, 1.807) is 0 Å². The van der Waals surface area contributed by atoms with Crippen molar-refractivity contribution in [3.8, 4) is 0 Å². The summed E-state index contributed by atoms with van der Waals surface area (Å²) in [5.41, 5.74) is 3.96. The highest BCUT2D eigenvalue weighted by Gasteiger charge is 2.29. The summed E-state index contributed by atoms with van der Waals surface area (Å²) in [7, 11) is 0. The number of ether oxygens (including phenoxy) is 1. The molecule has 0 aromatic rings. The predicted octanol–water partition coefficient (Wildman–Crippen LogP) is -0.174. The number of aliphatic carboxylic acids is 1. The fraction of sp³-hybridized carbons (Fsp3) is 0.167. The normalized spacial score (nSPS) is 20.1. The van der Waals surface area contributed by atoms with E-state index >= 15 is 0 Å². The zero-order valence-electron chi connectivity index (χ0n) is 5.15. The molecule has 0 saturated carbocycles. The van der Waals surface area contributed by atoms with E-state index in [1.165, 1.54) is 24.7 Å². The van der Waals surface area contributed by atoms with Crippen LogP contribution < -0.4 is 5.73 Å². The predicted molar refractivity (Wildman–Crippen MR) is 33.9 cm³/mol. The van der Waals surface area contributed by atoms with Crippen molar-refractivity contribution in [3.63, 3.8) is 0 Å². The molecule has 0 bridgehead atoms. The van der Waals surface area contributed by atoms with Crippen LogP contribution in [0.3, 0.4) is 0 Å². The Morgan fingerprint density at radius 2 is 2.00 bits per heavy atom. The summed E-state index contributed by atoms with van der Waals surface area (Å²) in [4.78, 5) is 10.4. The fourth-order valence-electron chi connectivity index (χ4n) is 0.547. The van der Waals surface area contributed by atoms with Crippen molar-refractivity contribution in [1.82, 2.24) is 0 Å². The third-order valence-electron chi connectivity index (χ3n) is 1.22. The highest BCUT2D eigenvalue weighted by Crippen LogP contribution is 2.09. The summed E-state index contributed by atoms with van der Waals surface area (Å²) in [5.74, 6) is -1.09. The largest absolute Gasteiger partial charge is 0.479 e. The van der Waals surface area contributed by atoms with E-state index in [2.05, 4.69) is 4.74 Å². The van der Waals surface area contributed by atoms with E-state index in [4.69, 9.17) is 10.8 Å². The lowest BCUT2D eigenvalue weighted by molar-refractivity contribution is -0.139. The number of nitrogens with two attached hydrogens (primary N) is 1. The molecular formula is C6H7NO3. The first kappa shape index (κ1) is 6.82. The molecule has 3 N–H and O–H groups in total. The molecule has 0 atom stereocenters. The molecule has 0 fully saturated rings. The Bertz CT molecular complexity index is 195. The SMILES string of the molecule is NC1(C(=O)O)C=COC=C1. The van der Waals surface area contributed by atoms with Gasteiger partial charge >= 0.3 is 5.97 Å². The molecule has 54 valence electrons. The molecule has 0 radical (unpaired) electrons. The standard InChI is InChI=1S/C6H7NO3/c7-6(5(8)9)1-3-10-4-2-6/h1-4H,7H2,(H,8,9). The molecule has 0 spiro atoms. The quantitative estimate of drug-likeness (QED) is 0.531. The maximum Gasteiger partial charge on any atom is 0.332 e. The fourth-order valence-corrected chi connectivity index (χ4v) is 0.547. The summed E-state index contributed by atoms with van der Waals surface area (Å²) in [6.07, 6.45) is 5.03. The van der Waals surface area contributed by atoms with E-state index in [0.717, 1.165) is 0 Å². The van der Waals surface area contributed by atoms with Gasteiger partial charge in [-0.25, -0.2) is 4.79 Å². The van der Waals surface area contributed by atoms with Gasteiger partial charge in [0.1, 0.15) is 0 Å². The molecule has 0 saturated heterocycles. The van der Waals surface area contributed by atoms with Crippen molar-refractivity contribution >= 4 is 5.97 Å². The van der Waals surface area contributed by atoms with Gasteiger partial charge in [-0.15, -0.1) is 0 Å². The summed E-state index contributed by atoms with van der Waals surface area (Å²) >= 11 is 0. The zero-order valence-corrected chi connectivity index (χ0v) is 5.15. The van der Waals surface area contributed by atoms with Crippen molar-refractivity contribution in [1.29, 1.82) is 0 Å². The first-order valence-corrected chi connectivity index (χ1v) is 2.68. The molecule has 4 heteroatoms. The number of carbonyl (C=O) groups is 1. The van der Waals surface area contributed by atoms with Crippen LogP contribution in [0.4, 0.5) is 0 Å². The molecule has 1 aliphatic rings. The summed E-state index contributed by atoms with van der Waals surface area (Å²) in [5, 5.41) is 8.51. The molecule has 10 heavy (non-hydrogen) atoms. The Kier molecular flexibility index (Phi) is 1.47. The lowest BCUT2D eigenvalue weighted by Gasteiger charge is -2.17. The zero-order chi connectivity index (χ0) is 7.61. The number of carboxylic acids is 1. The van der Waals surface area contributed by atoms with E-state index in [0.29, 0.717) is 0 Å². The van der Waals surface area contributed by atoms with Crippen LogP contribution in [0, 0.1) is 0 Å². The second-order valence-electron chi connectivity index (χ2n) is 1.98. The Morgan fingerprint density at radius 3 is 2.30 bits per heavy atom. The van der Waals surface area contributed by atoms with Crippen molar-refractivity contribution in [2.24, 2.45) is 5.73 Å². The number of rotatable bonds is 1. The second-order valence-corrected chi connectivity index (χ2v) is 1.98. The average molecular weight is 141 g/mol. The van der Waals surface area contributed by atoms with Crippen LogP contribution in [0.25, 0.3) is 0 Å². The van der Waals surface area contributed by atoms with E-state index in [1.807, 2.05) is 0 Å². The Labute approximate surface area is 57.6 Å². The molecule has 1 heterocycles. The molecule has 4 nitrogen and oxygen atoms in total. The third kappa shape index (κ3) is 1.01. The highest BCUT2D eigenvalue weighted by molar-refractivity contribution is 5.84. The topological polar surface area (TPSA) is 72.6 Å². The summed E-state index contributed by atoms with van der Waals surface area (Å²) < 4.78 is 4.61. The average Bonchev–Trinajstić information content (AvgIpc) is 1.89. The Balaban J connectivity index is 2.85. The van der Waals surface area contributed by atoms with Crippen LogP contribution in [0.2, 0.25) is 0 Å². The van der Waals surface area contributed by atoms with Crippen molar-refractivity contribution in [3.05, 3.63) is 24.7 Å². The summed E-state index contributed by atoms with van der Waals surface area (Å²) in [6.45, 7) is 0. The lowest BCUT2D eigenvalue weighted by Crippen LogP contribution is -2.44. The van der Waals surface area contributed by atoms with E-state index in [9.17, 15) is 4.79 Å². The summed E-state index contributed by atoms with van der Waals surface area (Å²) in [6, 6.07) is 0. The minimum Gasteiger partial charge on any atom is -0.479 e. The molecule has 0 aromatic carbocycles. The van der Waals surface area contributed by atoms with Crippen molar-refractivity contribution < 1.29 is 14.6 Å². The van der Waals surface area contributed by atoms with Crippen LogP contribution in [0.5, 0.6) is 0 Å². The maximum atomic E-state index is 10.4. The highest BCUT2D eigenvalue weighted by atomic mass is 16.5. The number of hydrogen-bond acceptors (Lipinski definition) is 3. The van der Waals surface area contributed by atoms with Gasteiger partial charge in [-0.1, -0.05) is 0 Å². The lowest BCUT2D eigenvalue weighted by atomic mass is 10.0.